The van der Waals surface area contributed by atoms with Crippen molar-refractivity contribution in [3.05, 3.63) is 12.4 Å². The Labute approximate surface area is 126 Å². The molecule has 6 heteroatoms. The average Bonchev–Trinajstić information content (AvgIpc) is 3.01. The predicted octanol–water partition coefficient (Wildman–Crippen LogP) is 1.79. The van der Waals surface area contributed by atoms with E-state index in [2.05, 4.69) is 20.2 Å². The van der Waals surface area contributed by atoms with Gasteiger partial charge >= 0.3 is 0 Å². The third kappa shape index (κ3) is 6.27. The normalized spacial score (nSPS) is 15.3. The molecule has 1 fully saturated rings. The number of unbranched alkanes of at least 4 members (excludes halogenated alkanes) is 1. The van der Waals surface area contributed by atoms with Crippen LogP contribution in [-0.4, -0.2) is 61.4 Å². The van der Waals surface area contributed by atoms with E-state index in [1.807, 2.05) is 6.07 Å². The molecule has 1 aromatic heterocycles. The van der Waals surface area contributed by atoms with Crippen LogP contribution in [0, 0.1) is 0 Å². The molecule has 0 saturated carbocycles. The van der Waals surface area contributed by atoms with E-state index in [1.54, 1.807) is 7.11 Å². The van der Waals surface area contributed by atoms with E-state index in [0.29, 0.717) is 19.1 Å². The summed E-state index contributed by atoms with van der Waals surface area (Å²) in [6.07, 6.45) is 6.64. The molecule has 0 radical (unpaired) electrons. The van der Waals surface area contributed by atoms with Crippen molar-refractivity contribution in [3.63, 3.8) is 0 Å². The third-order valence-corrected chi connectivity index (χ3v) is 3.59. The van der Waals surface area contributed by atoms with Crippen LogP contribution in [0.4, 0.5) is 5.82 Å². The lowest BCUT2D eigenvalue weighted by molar-refractivity contribution is 0.143. The van der Waals surface area contributed by atoms with Crippen molar-refractivity contribution < 1.29 is 9.47 Å². The number of hydrogen-bond acceptors (Lipinski definition) is 6. The van der Waals surface area contributed by atoms with Crippen LogP contribution in [0.3, 0.4) is 0 Å². The van der Waals surface area contributed by atoms with Gasteiger partial charge < -0.3 is 19.7 Å². The van der Waals surface area contributed by atoms with Gasteiger partial charge in [-0.2, -0.15) is 0 Å². The monoisotopic (exact) mass is 294 g/mol. The first-order valence-corrected chi connectivity index (χ1v) is 7.78. The number of likely N-dealkylation sites (tertiary alicyclic amines) is 1. The molecule has 2 rings (SSSR count). The van der Waals surface area contributed by atoms with Crippen LogP contribution >= 0.6 is 0 Å². The number of nitrogens with one attached hydrogen (secondary N) is 1. The van der Waals surface area contributed by atoms with Crippen LogP contribution in [0.2, 0.25) is 0 Å². The van der Waals surface area contributed by atoms with Gasteiger partial charge in [0.2, 0.25) is 5.88 Å². The SMILES string of the molecule is COCCOc1cc(NCCCCN2CCCC2)ncn1. The second-order valence-electron chi connectivity index (χ2n) is 5.27. The first kappa shape index (κ1) is 16.0. The van der Waals surface area contributed by atoms with Gasteiger partial charge in [-0.25, -0.2) is 9.97 Å². The highest BCUT2D eigenvalue weighted by atomic mass is 16.5. The van der Waals surface area contributed by atoms with E-state index in [1.165, 1.54) is 45.2 Å². The van der Waals surface area contributed by atoms with Gasteiger partial charge in [0.25, 0.3) is 0 Å². The minimum atomic E-state index is 0.503. The molecule has 1 N–H and O–H groups in total. The van der Waals surface area contributed by atoms with E-state index < -0.39 is 0 Å². The molecule has 0 atom stereocenters. The van der Waals surface area contributed by atoms with E-state index in [0.717, 1.165) is 18.8 Å². The van der Waals surface area contributed by atoms with Crippen molar-refractivity contribution in [3.8, 4) is 5.88 Å². The Morgan fingerprint density at radius 2 is 2.05 bits per heavy atom. The fourth-order valence-corrected chi connectivity index (χ4v) is 2.43. The fraction of sp³-hybridized carbons (Fsp3) is 0.733. The van der Waals surface area contributed by atoms with Crippen molar-refractivity contribution in [2.75, 3.05) is 51.8 Å². The highest BCUT2D eigenvalue weighted by Gasteiger charge is 2.09. The maximum absolute atomic E-state index is 5.46. The molecule has 1 aromatic rings. The summed E-state index contributed by atoms with van der Waals surface area (Å²) in [6, 6.07) is 1.83. The number of ether oxygens (including phenoxy) is 2. The number of hydrogen-bond donors (Lipinski definition) is 1. The maximum atomic E-state index is 5.46. The first-order valence-electron chi connectivity index (χ1n) is 7.78. The zero-order chi connectivity index (χ0) is 14.8. The van der Waals surface area contributed by atoms with Crippen molar-refractivity contribution in [2.24, 2.45) is 0 Å². The van der Waals surface area contributed by atoms with Gasteiger partial charge in [0.05, 0.1) is 6.61 Å². The molecule has 1 aliphatic heterocycles. The Kier molecular flexibility index (Phi) is 7.24. The third-order valence-electron chi connectivity index (χ3n) is 3.59. The van der Waals surface area contributed by atoms with Crippen LogP contribution in [0.25, 0.3) is 0 Å². The molecular weight excluding hydrogens is 268 g/mol. The van der Waals surface area contributed by atoms with Crippen LogP contribution in [-0.2, 0) is 4.74 Å². The van der Waals surface area contributed by atoms with Crippen LogP contribution in [0.5, 0.6) is 5.88 Å². The van der Waals surface area contributed by atoms with Crippen molar-refractivity contribution in [1.29, 1.82) is 0 Å². The standard InChI is InChI=1S/C15H26N4O2/c1-20-10-11-21-15-12-14(17-13-18-15)16-6-2-3-7-19-8-4-5-9-19/h12-13H,2-11H2,1H3,(H,16,17,18). The lowest BCUT2D eigenvalue weighted by Gasteiger charge is -2.14. The minimum Gasteiger partial charge on any atom is -0.475 e. The largest absolute Gasteiger partial charge is 0.475 e. The Bertz CT molecular complexity index is 397. The summed E-state index contributed by atoms with van der Waals surface area (Å²) in [4.78, 5) is 10.8. The van der Waals surface area contributed by atoms with Gasteiger partial charge in [0, 0.05) is 19.7 Å². The van der Waals surface area contributed by atoms with Gasteiger partial charge in [-0.3, -0.25) is 0 Å². The summed E-state index contributed by atoms with van der Waals surface area (Å²) in [6.45, 7) is 5.77. The molecule has 0 amide bonds. The Morgan fingerprint density at radius 1 is 1.19 bits per heavy atom. The first-order chi connectivity index (χ1) is 10.4. The van der Waals surface area contributed by atoms with Crippen molar-refractivity contribution in [2.45, 2.75) is 25.7 Å². The predicted molar refractivity (Wildman–Crippen MR) is 82.8 cm³/mol. The maximum Gasteiger partial charge on any atom is 0.218 e. The lowest BCUT2D eigenvalue weighted by Crippen LogP contribution is -2.20. The van der Waals surface area contributed by atoms with Crippen LogP contribution in [0.15, 0.2) is 12.4 Å². The molecule has 118 valence electrons. The molecule has 1 aliphatic rings. The summed E-state index contributed by atoms with van der Waals surface area (Å²) in [7, 11) is 1.65. The zero-order valence-electron chi connectivity index (χ0n) is 12.9. The quantitative estimate of drug-likeness (QED) is 0.664. The molecule has 0 aliphatic carbocycles. The number of aromatic nitrogens is 2. The Morgan fingerprint density at radius 3 is 2.86 bits per heavy atom. The molecule has 21 heavy (non-hydrogen) atoms. The van der Waals surface area contributed by atoms with Crippen LogP contribution in [0.1, 0.15) is 25.7 Å². The summed E-state index contributed by atoms with van der Waals surface area (Å²) >= 11 is 0. The fourth-order valence-electron chi connectivity index (χ4n) is 2.43. The molecule has 0 bridgehead atoms. The number of methoxy groups -OCH3 is 1. The summed E-state index contributed by atoms with van der Waals surface area (Å²) < 4.78 is 10.4. The molecular formula is C15H26N4O2. The molecule has 6 nitrogen and oxygen atoms in total. The molecule has 0 unspecified atom stereocenters. The van der Waals surface area contributed by atoms with Gasteiger partial charge in [0.1, 0.15) is 18.8 Å². The molecule has 1 saturated heterocycles. The highest BCUT2D eigenvalue weighted by molar-refractivity contribution is 5.36. The van der Waals surface area contributed by atoms with E-state index >= 15 is 0 Å². The lowest BCUT2D eigenvalue weighted by atomic mass is 10.3. The van der Waals surface area contributed by atoms with Gasteiger partial charge in [-0.1, -0.05) is 0 Å². The number of nitrogens with zero attached hydrogens (tertiary/aromatic N) is 3. The van der Waals surface area contributed by atoms with E-state index in [4.69, 9.17) is 9.47 Å². The highest BCUT2D eigenvalue weighted by Crippen LogP contribution is 2.11. The van der Waals surface area contributed by atoms with Gasteiger partial charge in [0.15, 0.2) is 0 Å². The van der Waals surface area contributed by atoms with Crippen LogP contribution < -0.4 is 10.1 Å². The van der Waals surface area contributed by atoms with Crippen molar-refractivity contribution >= 4 is 5.82 Å². The summed E-state index contributed by atoms with van der Waals surface area (Å²) in [5.41, 5.74) is 0. The van der Waals surface area contributed by atoms with E-state index in [9.17, 15) is 0 Å². The van der Waals surface area contributed by atoms with Gasteiger partial charge in [-0.05, 0) is 45.3 Å². The minimum absolute atomic E-state index is 0.503. The van der Waals surface area contributed by atoms with Gasteiger partial charge in [-0.15, -0.1) is 0 Å². The smallest absolute Gasteiger partial charge is 0.218 e. The Hall–Kier alpha value is -1.40. The Balaban J connectivity index is 1.59. The number of rotatable bonds is 10. The second kappa shape index (κ2) is 9.52. The van der Waals surface area contributed by atoms with E-state index in [-0.39, 0.29) is 0 Å². The van der Waals surface area contributed by atoms with Crippen molar-refractivity contribution in [1.82, 2.24) is 14.9 Å². The summed E-state index contributed by atoms with van der Waals surface area (Å²) in [5.74, 6) is 1.40. The topological polar surface area (TPSA) is 59.5 Å². The molecule has 2 heterocycles. The average molecular weight is 294 g/mol. The molecule has 0 aromatic carbocycles. The summed E-state index contributed by atoms with van der Waals surface area (Å²) in [5, 5.41) is 3.32. The second-order valence-corrected chi connectivity index (χ2v) is 5.27. The zero-order valence-corrected chi connectivity index (χ0v) is 12.9. The number of anilines is 1. The molecule has 0 spiro atoms.